The molecular formula is C13H22N2O3S. The van der Waals surface area contributed by atoms with E-state index in [2.05, 4.69) is 10.6 Å². The third-order valence-corrected chi connectivity index (χ3v) is 4.52. The molecule has 3 rings (SSSR count). The Morgan fingerprint density at radius 3 is 2.53 bits per heavy atom. The lowest BCUT2D eigenvalue weighted by molar-refractivity contribution is 0.0180. The first kappa shape index (κ1) is 13.5. The molecule has 3 aliphatic rings. The van der Waals surface area contributed by atoms with E-state index in [0.29, 0.717) is 24.4 Å². The second kappa shape index (κ2) is 5.91. The van der Waals surface area contributed by atoms with E-state index in [-0.39, 0.29) is 18.2 Å². The van der Waals surface area contributed by atoms with Crippen molar-refractivity contribution in [2.24, 2.45) is 0 Å². The number of hydrogen-bond acceptors (Lipinski definition) is 4. The van der Waals surface area contributed by atoms with Crippen molar-refractivity contribution in [2.75, 3.05) is 13.2 Å². The highest BCUT2D eigenvalue weighted by Gasteiger charge is 2.47. The van der Waals surface area contributed by atoms with Crippen molar-refractivity contribution in [3.05, 3.63) is 0 Å². The lowest BCUT2D eigenvalue weighted by Crippen LogP contribution is -2.50. The zero-order chi connectivity index (χ0) is 13.2. The topological polar surface area (TPSA) is 62.8 Å². The van der Waals surface area contributed by atoms with Gasteiger partial charge >= 0.3 is 0 Å². The van der Waals surface area contributed by atoms with E-state index >= 15 is 0 Å². The molecule has 2 heterocycles. The fourth-order valence-corrected chi connectivity index (χ4v) is 3.56. The normalized spacial score (nSPS) is 39.0. The predicted octanol–water partition coefficient (Wildman–Crippen LogP) is 0.310. The molecule has 0 radical (unpaired) electrons. The Labute approximate surface area is 119 Å². The summed E-state index contributed by atoms with van der Waals surface area (Å²) in [5, 5.41) is 17.0. The minimum atomic E-state index is -0.503. The number of fused-ring (bicyclic) bond motifs is 1. The molecule has 0 aromatic carbocycles. The van der Waals surface area contributed by atoms with Gasteiger partial charge in [0.2, 0.25) is 0 Å². The van der Waals surface area contributed by atoms with Crippen LogP contribution in [0.2, 0.25) is 0 Å². The third-order valence-electron chi connectivity index (χ3n) is 4.28. The molecule has 19 heavy (non-hydrogen) atoms. The van der Waals surface area contributed by atoms with Gasteiger partial charge in [-0.05, 0) is 25.1 Å². The van der Waals surface area contributed by atoms with Crippen LogP contribution in [0, 0.1) is 0 Å². The summed E-state index contributed by atoms with van der Waals surface area (Å²) >= 11 is 5.36. The van der Waals surface area contributed by atoms with Crippen molar-refractivity contribution in [3.63, 3.8) is 0 Å². The van der Waals surface area contributed by atoms with Gasteiger partial charge in [-0.2, -0.15) is 0 Å². The molecule has 1 aliphatic carbocycles. The molecule has 0 bridgehead atoms. The maximum Gasteiger partial charge on any atom is 0.166 e. The average Bonchev–Trinajstić information content (AvgIpc) is 2.96. The second-order valence-corrected chi connectivity index (χ2v) is 6.13. The summed E-state index contributed by atoms with van der Waals surface area (Å²) in [6.07, 6.45) is 5.52. The molecule has 2 saturated heterocycles. The number of aliphatic hydroxyl groups excluding tert-OH is 1. The third kappa shape index (κ3) is 3.02. The first-order valence-electron chi connectivity index (χ1n) is 7.22. The Morgan fingerprint density at radius 1 is 1.00 bits per heavy atom. The minimum Gasteiger partial charge on any atom is -0.388 e. The molecule has 2 aliphatic heterocycles. The average molecular weight is 286 g/mol. The molecule has 0 amide bonds. The van der Waals surface area contributed by atoms with E-state index in [9.17, 15) is 5.11 Å². The van der Waals surface area contributed by atoms with Crippen LogP contribution in [-0.4, -0.2) is 53.8 Å². The van der Waals surface area contributed by atoms with Gasteiger partial charge in [0, 0.05) is 6.04 Å². The summed E-state index contributed by atoms with van der Waals surface area (Å²) in [6.45, 7) is 0.898. The van der Waals surface area contributed by atoms with Crippen LogP contribution in [0.25, 0.3) is 0 Å². The summed E-state index contributed by atoms with van der Waals surface area (Å²) in [7, 11) is 0. The van der Waals surface area contributed by atoms with E-state index < -0.39 is 6.10 Å². The maximum absolute atomic E-state index is 9.69. The molecule has 0 aromatic heterocycles. The maximum atomic E-state index is 9.69. The fourth-order valence-electron chi connectivity index (χ4n) is 3.25. The summed E-state index contributed by atoms with van der Waals surface area (Å²) in [4.78, 5) is 0. The van der Waals surface area contributed by atoms with E-state index in [1.54, 1.807) is 0 Å². The van der Waals surface area contributed by atoms with Crippen LogP contribution in [0.15, 0.2) is 0 Å². The van der Waals surface area contributed by atoms with Gasteiger partial charge in [0.15, 0.2) is 5.11 Å². The number of aliphatic hydroxyl groups is 1. The molecule has 5 nitrogen and oxygen atoms in total. The van der Waals surface area contributed by atoms with Crippen molar-refractivity contribution in [2.45, 2.75) is 62.5 Å². The van der Waals surface area contributed by atoms with E-state index in [1.165, 1.54) is 32.1 Å². The monoisotopic (exact) mass is 286 g/mol. The van der Waals surface area contributed by atoms with Crippen LogP contribution in [0.1, 0.15) is 32.1 Å². The van der Waals surface area contributed by atoms with Crippen molar-refractivity contribution in [3.8, 4) is 0 Å². The van der Waals surface area contributed by atoms with Crippen molar-refractivity contribution in [1.82, 2.24) is 10.6 Å². The summed E-state index contributed by atoms with van der Waals surface area (Å²) in [5.41, 5.74) is 0. The van der Waals surface area contributed by atoms with E-state index in [4.69, 9.17) is 21.7 Å². The van der Waals surface area contributed by atoms with Crippen LogP contribution in [0.3, 0.4) is 0 Å². The standard InChI is InChI=1S/C13H22N2O3S/c16-10-7-18-11-9(6-17-12(10)11)15-13(19)14-8-4-2-1-3-5-8/h8-12,16H,1-7H2,(H2,14,15,19). The quantitative estimate of drug-likeness (QED) is 0.635. The number of nitrogens with one attached hydrogen (secondary N) is 2. The number of rotatable bonds is 2. The van der Waals surface area contributed by atoms with Crippen LogP contribution >= 0.6 is 12.2 Å². The van der Waals surface area contributed by atoms with Gasteiger partial charge in [-0.15, -0.1) is 0 Å². The molecule has 6 heteroatoms. The van der Waals surface area contributed by atoms with Gasteiger partial charge in [-0.3, -0.25) is 0 Å². The Kier molecular flexibility index (Phi) is 4.21. The number of hydrogen-bond donors (Lipinski definition) is 3. The van der Waals surface area contributed by atoms with Crippen LogP contribution < -0.4 is 10.6 Å². The van der Waals surface area contributed by atoms with Gasteiger partial charge in [0.1, 0.15) is 18.3 Å². The minimum absolute atomic E-state index is 0.0470. The van der Waals surface area contributed by atoms with Crippen molar-refractivity contribution < 1.29 is 14.6 Å². The highest BCUT2D eigenvalue weighted by molar-refractivity contribution is 7.80. The molecule has 1 saturated carbocycles. The molecule has 108 valence electrons. The summed E-state index contributed by atoms with van der Waals surface area (Å²) in [5.74, 6) is 0. The van der Waals surface area contributed by atoms with Crippen molar-refractivity contribution in [1.29, 1.82) is 0 Å². The predicted molar refractivity (Wildman–Crippen MR) is 75.0 cm³/mol. The lowest BCUT2D eigenvalue weighted by Gasteiger charge is -2.26. The molecule has 4 atom stereocenters. The number of thiocarbonyl (C=S) groups is 1. The highest BCUT2D eigenvalue weighted by Crippen LogP contribution is 2.27. The zero-order valence-electron chi connectivity index (χ0n) is 11.0. The Balaban J connectivity index is 1.47. The smallest absolute Gasteiger partial charge is 0.166 e. The largest absolute Gasteiger partial charge is 0.388 e. The summed E-state index contributed by atoms with van der Waals surface area (Å²) < 4.78 is 11.1. The van der Waals surface area contributed by atoms with Gasteiger partial charge in [0.05, 0.1) is 19.3 Å². The molecule has 4 unspecified atom stereocenters. The Hall–Kier alpha value is -0.430. The van der Waals surface area contributed by atoms with Gasteiger partial charge in [0.25, 0.3) is 0 Å². The molecule has 0 aromatic rings. The SMILES string of the molecule is OC1COC2C(NC(=S)NC3CCCCC3)COC12. The first-order valence-corrected chi connectivity index (χ1v) is 7.63. The zero-order valence-corrected chi connectivity index (χ0v) is 11.8. The first-order chi connectivity index (χ1) is 9.24. The highest BCUT2D eigenvalue weighted by atomic mass is 32.1. The Morgan fingerprint density at radius 2 is 1.74 bits per heavy atom. The van der Waals surface area contributed by atoms with Crippen LogP contribution in [0.5, 0.6) is 0 Å². The van der Waals surface area contributed by atoms with Gasteiger partial charge < -0.3 is 25.2 Å². The number of ether oxygens (including phenoxy) is 2. The van der Waals surface area contributed by atoms with Crippen LogP contribution in [-0.2, 0) is 9.47 Å². The molecule has 3 fully saturated rings. The van der Waals surface area contributed by atoms with Gasteiger partial charge in [-0.25, -0.2) is 0 Å². The Bertz CT molecular complexity index is 336. The fraction of sp³-hybridized carbons (Fsp3) is 0.923. The summed E-state index contributed by atoms with van der Waals surface area (Å²) in [6, 6.07) is 0.549. The van der Waals surface area contributed by atoms with Crippen molar-refractivity contribution >= 4 is 17.3 Å². The molecular weight excluding hydrogens is 264 g/mol. The van der Waals surface area contributed by atoms with E-state index in [1.807, 2.05) is 0 Å². The molecule has 0 spiro atoms. The van der Waals surface area contributed by atoms with E-state index in [0.717, 1.165) is 0 Å². The van der Waals surface area contributed by atoms with Gasteiger partial charge in [-0.1, -0.05) is 19.3 Å². The molecule has 3 N–H and O–H groups in total. The lowest BCUT2D eigenvalue weighted by atomic mass is 9.96. The van der Waals surface area contributed by atoms with Crippen LogP contribution in [0.4, 0.5) is 0 Å². The second-order valence-electron chi connectivity index (χ2n) is 5.72.